The topological polar surface area (TPSA) is 75.3 Å². The third-order valence-electron chi connectivity index (χ3n) is 4.82. The van der Waals surface area contributed by atoms with Crippen LogP contribution < -0.4 is 15.5 Å². The summed E-state index contributed by atoms with van der Waals surface area (Å²) in [6.07, 6.45) is 0. The Morgan fingerprint density at radius 3 is 2.08 bits per heavy atom. The molecule has 0 saturated carbocycles. The summed E-state index contributed by atoms with van der Waals surface area (Å²) < 4.78 is 0. The monoisotopic (exact) mass is 347 g/mol. The van der Waals surface area contributed by atoms with Crippen molar-refractivity contribution in [3.05, 3.63) is 59.8 Å². The minimum atomic E-state index is -0.397. The summed E-state index contributed by atoms with van der Waals surface area (Å²) in [5.74, 6) is 0.569. The Morgan fingerprint density at radius 1 is 0.885 bits per heavy atom. The lowest BCUT2D eigenvalue weighted by Gasteiger charge is -2.37. The zero-order chi connectivity index (χ0) is 18.1. The lowest BCUT2D eigenvalue weighted by atomic mass is 10.1. The van der Waals surface area contributed by atoms with Gasteiger partial charge in [0.25, 0.3) is 0 Å². The molecular formula is C20H21N5O. The summed E-state index contributed by atoms with van der Waals surface area (Å²) in [5.41, 5.74) is 9.77. The van der Waals surface area contributed by atoms with E-state index in [0.29, 0.717) is 5.56 Å². The molecule has 1 amide bonds. The molecule has 2 aromatic carbocycles. The maximum absolute atomic E-state index is 11.2. The molecule has 0 bridgehead atoms. The van der Waals surface area contributed by atoms with Crippen LogP contribution in [0.2, 0.25) is 0 Å². The fourth-order valence-corrected chi connectivity index (χ4v) is 3.39. The lowest BCUT2D eigenvalue weighted by Crippen LogP contribution is -2.47. The van der Waals surface area contributed by atoms with Crippen molar-refractivity contribution in [3.8, 4) is 0 Å². The molecule has 1 aliphatic heterocycles. The molecule has 2 heterocycles. The zero-order valence-corrected chi connectivity index (χ0v) is 14.7. The highest BCUT2D eigenvalue weighted by Gasteiger charge is 2.20. The van der Waals surface area contributed by atoms with Crippen molar-refractivity contribution < 1.29 is 4.79 Å². The minimum absolute atomic E-state index is 0.397. The number of piperazine rings is 1. The summed E-state index contributed by atoms with van der Waals surface area (Å²) in [5, 5.41) is 0. The van der Waals surface area contributed by atoms with Gasteiger partial charge >= 0.3 is 0 Å². The average Bonchev–Trinajstić information content (AvgIpc) is 2.68. The van der Waals surface area contributed by atoms with Crippen molar-refractivity contribution in [2.75, 3.05) is 36.0 Å². The molecule has 0 radical (unpaired) electrons. The van der Waals surface area contributed by atoms with E-state index in [2.05, 4.69) is 9.80 Å². The zero-order valence-electron chi connectivity index (χ0n) is 14.7. The van der Waals surface area contributed by atoms with Gasteiger partial charge in [-0.25, -0.2) is 9.97 Å². The molecule has 4 rings (SSSR count). The molecule has 132 valence electrons. The van der Waals surface area contributed by atoms with Crippen LogP contribution in [0.1, 0.15) is 16.1 Å². The minimum Gasteiger partial charge on any atom is -0.368 e. The number of nitrogens with zero attached hydrogens (tertiary/aromatic N) is 4. The molecule has 26 heavy (non-hydrogen) atoms. The van der Waals surface area contributed by atoms with E-state index < -0.39 is 5.91 Å². The van der Waals surface area contributed by atoms with Crippen molar-refractivity contribution in [1.29, 1.82) is 0 Å². The molecule has 1 aliphatic rings. The Bertz CT molecular complexity index is 946. The maximum atomic E-state index is 11.2. The first-order valence-corrected chi connectivity index (χ1v) is 8.75. The summed E-state index contributed by atoms with van der Waals surface area (Å²) in [6.45, 7) is 5.56. The number of hydrogen-bond donors (Lipinski definition) is 1. The molecule has 2 N–H and O–H groups in total. The number of fused-ring (bicyclic) bond motifs is 1. The Morgan fingerprint density at radius 2 is 1.46 bits per heavy atom. The van der Waals surface area contributed by atoms with Gasteiger partial charge in [-0.1, -0.05) is 12.1 Å². The number of primary amides is 1. The van der Waals surface area contributed by atoms with E-state index in [9.17, 15) is 4.79 Å². The van der Waals surface area contributed by atoms with Crippen LogP contribution in [0.15, 0.2) is 48.5 Å². The Hall–Kier alpha value is -3.15. The van der Waals surface area contributed by atoms with Gasteiger partial charge in [-0.15, -0.1) is 0 Å². The second kappa shape index (κ2) is 6.63. The number of hydrogen-bond acceptors (Lipinski definition) is 5. The van der Waals surface area contributed by atoms with E-state index >= 15 is 0 Å². The van der Waals surface area contributed by atoms with Gasteiger partial charge < -0.3 is 15.5 Å². The van der Waals surface area contributed by atoms with Gasteiger partial charge in [0.2, 0.25) is 5.91 Å². The van der Waals surface area contributed by atoms with Crippen LogP contribution in [0.3, 0.4) is 0 Å². The summed E-state index contributed by atoms with van der Waals surface area (Å²) >= 11 is 0. The molecule has 6 heteroatoms. The van der Waals surface area contributed by atoms with Crippen molar-refractivity contribution in [2.24, 2.45) is 5.73 Å². The first kappa shape index (κ1) is 16.3. The third-order valence-corrected chi connectivity index (χ3v) is 4.82. The number of carbonyl (C=O) groups is 1. The molecule has 1 saturated heterocycles. The van der Waals surface area contributed by atoms with E-state index in [1.807, 2.05) is 43.3 Å². The van der Waals surface area contributed by atoms with E-state index in [0.717, 1.165) is 54.4 Å². The van der Waals surface area contributed by atoms with Gasteiger partial charge in [-0.05, 0) is 43.3 Å². The number of aryl methyl sites for hydroxylation is 1. The Kier molecular flexibility index (Phi) is 4.16. The smallest absolute Gasteiger partial charge is 0.248 e. The SMILES string of the molecule is Cc1nc2ccccc2nc1N1CCN(c2ccc(C(N)=O)cc2)CC1. The number of anilines is 2. The molecule has 0 unspecified atom stereocenters. The fourth-order valence-electron chi connectivity index (χ4n) is 3.39. The molecule has 0 spiro atoms. The van der Waals surface area contributed by atoms with Gasteiger partial charge in [-0.2, -0.15) is 0 Å². The van der Waals surface area contributed by atoms with Crippen LogP contribution in [0.4, 0.5) is 11.5 Å². The van der Waals surface area contributed by atoms with Crippen molar-refractivity contribution in [2.45, 2.75) is 6.92 Å². The van der Waals surface area contributed by atoms with E-state index in [1.54, 1.807) is 12.1 Å². The summed E-state index contributed by atoms with van der Waals surface area (Å²) in [6, 6.07) is 15.4. The predicted octanol–water partition coefficient (Wildman–Crippen LogP) is 2.36. The van der Waals surface area contributed by atoms with Crippen LogP contribution in [-0.2, 0) is 0 Å². The maximum Gasteiger partial charge on any atom is 0.248 e. The number of carbonyl (C=O) groups excluding carboxylic acids is 1. The van der Waals surface area contributed by atoms with Gasteiger partial charge in [-0.3, -0.25) is 4.79 Å². The second-order valence-corrected chi connectivity index (χ2v) is 6.51. The van der Waals surface area contributed by atoms with Gasteiger partial charge in [0.05, 0.1) is 16.7 Å². The molecule has 1 fully saturated rings. The van der Waals surface area contributed by atoms with E-state index in [1.165, 1.54) is 0 Å². The first-order chi connectivity index (χ1) is 12.6. The van der Waals surface area contributed by atoms with Gasteiger partial charge in [0.1, 0.15) is 0 Å². The lowest BCUT2D eigenvalue weighted by molar-refractivity contribution is 0.100. The second-order valence-electron chi connectivity index (χ2n) is 6.51. The number of para-hydroxylation sites is 2. The highest BCUT2D eigenvalue weighted by Crippen LogP contribution is 2.23. The summed E-state index contributed by atoms with van der Waals surface area (Å²) in [4.78, 5) is 25.3. The van der Waals surface area contributed by atoms with Crippen molar-refractivity contribution in [3.63, 3.8) is 0 Å². The quantitative estimate of drug-likeness (QED) is 0.787. The highest BCUT2D eigenvalue weighted by atomic mass is 16.1. The normalized spacial score (nSPS) is 14.7. The molecule has 0 aliphatic carbocycles. The van der Waals surface area contributed by atoms with E-state index in [-0.39, 0.29) is 0 Å². The van der Waals surface area contributed by atoms with Crippen molar-refractivity contribution in [1.82, 2.24) is 9.97 Å². The Balaban J connectivity index is 1.50. The fraction of sp³-hybridized carbons (Fsp3) is 0.250. The number of benzene rings is 2. The van der Waals surface area contributed by atoms with Crippen LogP contribution in [0.5, 0.6) is 0 Å². The van der Waals surface area contributed by atoms with Crippen LogP contribution in [0, 0.1) is 6.92 Å². The average molecular weight is 347 g/mol. The molecular weight excluding hydrogens is 326 g/mol. The van der Waals surface area contributed by atoms with Gasteiger partial charge in [0.15, 0.2) is 5.82 Å². The number of amides is 1. The largest absolute Gasteiger partial charge is 0.368 e. The standard InChI is InChI=1S/C20H21N5O/c1-14-20(23-18-5-3-2-4-17(18)22-14)25-12-10-24(11-13-25)16-8-6-15(7-9-16)19(21)26/h2-9H,10-13H2,1H3,(H2,21,26). The molecule has 6 nitrogen and oxygen atoms in total. The molecule has 1 aromatic heterocycles. The van der Waals surface area contributed by atoms with Crippen LogP contribution >= 0.6 is 0 Å². The molecule has 3 aromatic rings. The predicted molar refractivity (Wildman–Crippen MR) is 104 cm³/mol. The number of aromatic nitrogens is 2. The van der Waals surface area contributed by atoms with Gasteiger partial charge in [0, 0.05) is 37.4 Å². The number of rotatable bonds is 3. The Labute approximate surface area is 152 Å². The highest BCUT2D eigenvalue weighted by molar-refractivity contribution is 5.93. The number of nitrogens with two attached hydrogens (primary N) is 1. The van der Waals surface area contributed by atoms with Crippen LogP contribution in [0.25, 0.3) is 11.0 Å². The van der Waals surface area contributed by atoms with Crippen molar-refractivity contribution >= 4 is 28.4 Å². The third kappa shape index (κ3) is 3.06. The van der Waals surface area contributed by atoms with E-state index in [4.69, 9.17) is 15.7 Å². The van der Waals surface area contributed by atoms with Crippen LogP contribution in [-0.4, -0.2) is 42.1 Å². The first-order valence-electron chi connectivity index (χ1n) is 8.75. The molecule has 0 atom stereocenters. The summed E-state index contributed by atoms with van der Waals surface area (Å²) in [7, 11) is 0.